The van der Waals surface area contributed by atoms with Gasteiger partial charge in [-0.1, -0.05) is 30.3 Å². The first-order valence-corrected chi connectivity index (χ1v) is 8.23. The Bertz CT molecular complexity index is 917. The third-order valence-electron chi connectivity index (χ3n) is 4.42. The van der Waals surface area contributed by atoms with Crippen LogP contribution in [0.15, 0.2) is 54.9 Å². The Kier molecular flexibility index (Phi) is 5.88. The molecule has 1 aliphatic rings. The van der Waals surface area contributed by atoms with Crippen LogP contribution < -0.4 is 29.6 Å². The maximum Gasteiger partial charge on any atom is 1.00 e. The topological polar surface area (TPSA) is 71.2 Å². The predicted octanol–water partition coefficient (Wildman–Crippen LogP) is -0.360. The van der Waals surface area contributed by atoms with Crippen molar-refractivity contribution in [2.75, 3.05) is 6.54 Å². The normalized spacial score (nSPS) is 13.7. The molecule has 1 aliphatic heterocycles. The smallest absolute Gasteiger partial charge is 1.00 e. The maximum atomic E-state index is 11.4. The van der Waals surface area contributed by atoms with E-state index in [1.807, 2.05) is 12.3 Å². The van der Waals surface area contributed by atoms with Crippen molar-refractivity contribution in [2.24, 2.45) is 0 Å². The molecule has 1 N–H and O–H groups in total. The molecule has 3 aromatic rings. The van der Waals surface area contributed by atoms with Gasteiger partial charge in [0.2, 0.25) is 0 Å². The summed E-state index contributed by atoms with van der Waals surface area (Å²) in [5.74, 6) is -0.638. The number of carboxylic acids is 1. The van der Waals surface area contributed by atoms with Gasteiger partial charge >= 0.3 is 35.5 Å². The molecule has 0 fully saturated rings. The number of carbonyl (C=O) groups is 1. The van der Waals surface area contributed by atoms with E-state index < -0.39 is 5.97 Å². The minimum absolute atomic E-state index is 0. The van der Waals surface area contributed by atoms with E-state index in [2.05, 4.69) is 39.2 Å². The van der Waals surface area contributed by atoms with Crippen LogP contribution in [0.1, 0.15) is 28.6 Å². The van der Waals surface area contributed by atoms with E-state index in [-0.39, 0.29) is 36.5 Å². The summed E-state index contributed by atoms with van der Waals surface area (Å²) in [5.41, 5.74) is 3.59. The molecule has 0 saturated heterocycles. The number of rotatable bonds is 4. The van der Waals surface area contributed by atoms with Crippen molar-refractivity contribution in [1.82, 2.24) is 19.7 Å². The molecule has 2 aromatic heterocycles. The van der Waals surface area contributed by atoms with Crippen LogP contribution in [0.3, 0.4) is 0 Å². The van der Waals surface area contributed by atoms with E-state index in [1.54, 1.807) is 23.0 Å². The van der Waals surface area contributed by atoms with Gasteiger partial charge in [0.05, 0.1) is 5.69 Å². The second kappa shape index (κ2) is 8.14. The minimum Gasteiger partial charge on any atom is -1.00 e. The largest absolute Gasteiger partial charge is 1.00 e. The van der Waals surface area contributed by atoms with Gasteiger partial charge in [-0.2, -0.15) is 5.10 Å². The zero-order valence-corrected chi connectivity index (χ0v) is 16.7. The molecule has 0 bridgehead atoms. The molecule has 128 valence electrons. The number of hydrogen-bond acceptors (Lipinski definition) is 4. The maximum absolute atomic E-state index is 11.4. The Balaban J connectivity index is 0.00000131. The molecule has 0 atom stereocenters. The Hall–Kier alpha value is -1.99. The number of hydrogen-bond donors (Lipinski definition) is 1. The Labute approximate surface area is 175 Å². The summed E-state index contributed by atoms with van der Waals surface area (Å²) in [7, 11) is 0. The van der Waals surface area contributed by atoms with Crippen LogP contribution in [0, 0.1) is 0 Å². The standard InChI is InChI=1S/C19H18N4O2.Na.H/c24-19(25)16-7-4-9-20-18(16)23-13-15-12-22(10-8-17(15)21-23)11-14-5-2-1-3-6-14;;/h1-7,9,13H,8,10-12H2,(H,24,25);;/q;+1;-1. The average molecular weight is 358 g/mol. The SMILES string of the molecule is O=C(O)c1cccnc1-n1cc2c(n1)CCN(Cc1ccccc1)C2.[H-].[Na+]. The molecular formula is C19H19N4NaO2. The molecule has 0 spiro atoms. The van der Waals surface area contributed by atoms with Crippen molar-refractivity contribution < 1.29 is 40.9 Å². The first-order valence-electron chi connectivity index (χ1n) is 8.23. The number of aromatic nitrogens is 3. The zero-order valence-electron chi connectivity index (χ0n) is 15.7. The number of pyridine rings is 1. The van der Waals surface area contributed by atoms with Crippen molar-refractivity contribution in [2.45, 2.75) is 19.5 Å². The van der Waals surface area contributed by atoms with Crippen LogP contribution in [0.25, 0.3) is 5.82 Å². The molecule has 0 aliphatic carbocycles. The Morgan fingerprint density at radius 2 is 2.00 bits per heavy atom. The summed E-state index contributed by atoms with van der Waals surface area (Å²) >= 11 is 0. The van der Waals surface area contributed by atoms with E-state index in [4.69, 9.17) is 0 Å². The zero-order chi connectivity index (χ0) is 17.2. The van der Waals surface area contributed by atoms with E-state index in [0.29, 0.717) is 5.82 Å². The first kappa shape index (κ1) is 18.8. The van der Waals surface area contributed by atoms with Crippen LogP contribution in [0.5, 0.6) is 0 Å². The summed E-state index contributed by atoms with van der Waals surface area (Å²) < 4.78 is 1.60. The van der Waals surface area contributed by atoms with E-state index in [9.17, 15) is 9.90 Å². The third-order valence-corrected chi connectivity index (χ3v) is 4.42. The van der Waals surface area contributed by atoms with E-state index in [0.717, 1.165) is 37.3 Å². The van der Waals surface area contributed by atoms with Crippen molar-refractivity contribution in [3.8, 4) is 5.82 Å². The molecule has 3 heterocycles. The summed E-state index contributed by atoms with van der Waals surface area (Å²) in [6.45, 7) is 2.64. The van der Waals surface area contributed by atoms with Crippen molar-refractivity contribution >= 4 is 5.97 Å². The van der Waals surface area contributed by atoms with Crippen LogP contribution in [-0.2, 0) is 19.5 Å². The molecule has 0 radical (unpaired) electrons. The fraction of sp³-hybridized carbons (Fsp3) is 0.211. The Morgan fingerprint density at radius 1 is 1.19 bits per heavy atom. The van der Waals surface area contributed by atoms with Crippen molar-refractivity contribution in [3.63, 3.8) is 0 Å². The van der Waals surface area contributed by atoms with Gasteiger partial charge in [0.1, 0.15) is 5.56 Å². The number of nitrogens with zero attached hydrogens (tertiary/aromatic N) is 4. The molecule has 4 rings (SSSR count). The number of aromatic carboxylic acids is 1. The minimum atomic E-state index is -0.998. The summed E-state index contributed by atoms with van der Waals surface area (Å²) in [6, 6.07) is 13.6. The monoisotopic (exact) mass is 358 g/mol. The van der Waals surface area contributed by atoms with Crippen LogP contribution in [0.4, 0.5) is 0 Å². The molecule has 0 amide bonds. The molecule has 6 nitrogen and oxygen atoms in total. The van der Waals surface area contributed by atoms with Gasteiger partial charge in [-0.05, 0) is 17.7 Å². The molecule has 1 aromatic carbocycles. The molecule has 0 saturated carbocycles. The number of fused-ring (bicyclic) bond motifs is 1. The van der Waals surface area contributed by atoms with Gasteiger partial charge in [0, 0.05) is 44.0 Å². The number of benzene rings is 1. The van der Waals surface area contributed by atoms with Gasteiger partial charge in [0.15, 0.2) is 5.82 Å². The molecular weight excluding hydrogens is 339 g/mol. The van der Waals surface area contributed by atoms with Gasteiger partial charge in [-0.3, -0.25) is 4.90 Å². The quantitative estimate of drug-likeness (QED) is 0.645. The predicted molar refractivity (Wildman–Crippen MR) is 93.7 cm³/mol. The molecule has 0 unspecified atom stereocenters. The summed E-state index contributed by atoms with van der Waals surface area (Å²) in [6.07, 6.45) is 4.34. The second-order valence-corrected chi connectivity index (χ2v) is 6.17. The van der Waals surface area contributed by atoms with E-state index >= 15 is 0 Å². The van der Waals surface area contributed by atoms with Crippen molar-refractivity contribution in [3.05, 3.63) is 77.2 Å². The molecule has 26 heavy (non-hydrogen) atoms. The summed E-state index contributed by atoms with van der Waals surface area (Å²) in [4.78, 5) is 18.0. The van der Waals surface area contributed by atoms with Gasteiger partial charge in [0.25, 0.3) is 0 Å². The fourth-order valence-corrected chi connectivity index (χ4v) is 3.20. The van der Waals surface area contributed by atoms with Gasteiger partial charge in [-0.15, -0.1) is 0 Å². The molecule has 7 heteroatoms. The van der Waals surface area contributed by atoms with Gasteiger partial charge in [-0.25, -0.2) is 14.5 Å². The van der Waals surface area contributed by atoms with Crippen LogP contribution >= 0.6 is 0 Å². The second-order valence-electron chi connectivity index (χ2n) is 6.17. The average Bonchev–Trinajstić information content (AvgIpc) is 3.06. The third kappa shape index (κ3) is 3.88. The fourth-order valence-electron chi connectivity index (χ4n) is 3.20. The van der Waals surface area contributed by atoms with Crippen LogP contribution in [0.2, 0.25) is 0 Å². The van der Waals surface area contributed by atoms with E-state index in [1.165, 1.54) is 5.56 Å². The first-order chi connectivity index (χ1) is 12.2. The van der Waals surface area contributed by atoms with Crippen LogP contribution in [-0.4, -0.2) is 37.3 Å². The summed E-state index contributed by atoms with van der Waals surface area (Å²) in [5, 5.41) is 13.9. The Morgan fingerprint density at radius 3 is 2.77 bits per heavy atom. The van der Waals surface area contributed by atoms with Crippen molar-refractivity contribution in [1.29, 1.82) is 0 Å². The number of carboxylic acid groups (broad SMARTS) is 1. The van der Waals surface area contributed by atoms with Gasteiger partial charge < -0.3 is 6.53 Å².